The summed E-state index contributed by atoms with van der Waals surface area (Å²) in [6.07, 6.45) is 1.71. The van der Waals surface area contributed by atoms with Gasteiger partial charge in [-0.05, 0) is 55.3 Å². The quantitative estimate of drug-likeness (QED) is 0.295. The van der Waals surface area contributed by atoms with Crippen LogP contribution >= 0.6 is 11.6 Å². The molecule has 208 valence electrons. The van der Waals surface area contributed by atoms with Crippen molar-refractivity contribution in [2.45, 2.75) is 44.2 Å². The molecule has 10 heteroatoms. The highest BCUT2D eigenvalue weighted by Crippen LogP contribution is 2.30. The van der Waals surface area contributed by atoms with Gasteiger partial charge in [0.15, 0.2) is 0 Å². The summed E-state index contributed by atoms with van der Waals surface area (Å²) in [5.41, 5.74) is 0.892. The molecule has 2 amide bonds. The number of hydrogen-bond acceptors (Lipinski definition) is 5. The van der Waals surface area contributed by atoms with Crippen LogP contribution in [0.25, 0.3) is 0 Å². The van der Waals surface area contributed by atoms with Crippen molar-refractivity contribution < 1.29 is 22.7 Å². The Bertz CT molecular complexity index is 1370. The maximum atomic E-state index is 13.9. The van der Waals surface area contributed by atoms with E-state index in [4.69, 9.17) is 16.3 Å². The molecule has 0 unspecified atom stereocenters. The molecule has 0 fully saturated rings. The van der Waals surface area contributed by atoms with Crippen LogP contribution in [0.1, 0.15) is 32.3 Å². The zero-order chi connectivity index (χ0) is 28.4. The summed E-state index contributed by atoms with van der Waals surface area (Å²) in [4.78, 5) is 28.3. The minimum absolute atomic E-state index is 0.0161. The standard InChI is InChI=1S/C29H34ClN3O5S/c1-4-5-18-31-29(35)22(2)32(20-23-12-11-13-24(19-23)38-3)28(34)21-33(27-17-10-9-16-26(27)30)39(36,37)25-14-7-6-8-15-25/h6-17,19,22H,4-5,18,20-21H2,1-3H3,(H,31,35)/t22-/m0/s1. The molecule has 0 heterocycles. The highest BCUT2D eigenvalue weighted by Gasteiger charge is 2.33. The average molecular weight is 572 g/mol. The number of para-hydroxylation sites is 1. The summed E-state index contributed by atoms with van der Waals surface area (Å²) in [6.45, 7) is 3.64. The van der Waals surface area contributed by atoms with Gasteiger partial charge < -0.3 is 15.0 Å². The van der Waals surface area contributed by atoms with Crippen molar-refractivity contribution in [2.75, 3.05) is 24.5 Å². The number of nitrogens with zero attached hydrogens (tertiary/aromatic N) is 2. The maximum Gasteiger partial charge on any atom is 0.264 e. The third-order valence-electron chi connectivity index (χ3n) is 6.22. The second-order valence-corrected chi connectivity index (χ2v) is 11.2. The molecule has 0 aliphatic rings. The Kier molecular flexibility index (Phi) is 10.8. The first-order chi connectivity index (χ1) is 18.7. The number of carbonyl (C=O) groups excluding carboxylic acids is 2. The van der Waals surface area contributed by atoms with Crippen LogP contribution in [-0.4, -0.2) is 51.4 Å². The number of hydrogen-bond donors (Lipinski definition) is 1. The molecule has 0 bridgehead atoms. The van der Waals surface area contributed by atoms with Crippen molar-refractivity contribution in [2.24, 2.45) is 0 Å². The van der Waals surface area contributed by atoms with Gasteiger partial charge in [0.1, 0.15) is 18.3 Å². The normalized spacial score (nSPS) is 11.9. The number of ether oxygens (including phenoxy) is 1. The maximum absolute atomic E-state index is 13.9. The van der Waals surface area contributed by atoms with E-state index in [9.17, 15) is 18.0 Å². The lowest BCUT2D eigenvalue weighted by Crippen LogP contribution is -2.51. The highest BCUT2D eigenvalue weighted by atomic mass is 35.5. The van der Waals surface area contributed by atoms with Gasteiger partial charge in [-0.3, -0.25) is 13.9 Å². The molecule has 3 aromatic carbocycles. The molecule has 0 spiro atoms. The number of amides is 2. The summed E-state index contributed by atoms with van der Waals surface area (Å²) in [5.74, 6) is -0.283. The lowest BCUT2D eigenvalue weighted by molar-refractivity contribution is -0.139. The van der Waals surface area contributed by atoms with Crippen LogP contribution in [0.4, 0.5) is 5.69 Å². The van der Waals surface area contributed by atoms with Gasteiger partial charge in [0, 0.05) is 13.1 Å². The summed E-state index contributed by atoms with van der Waals surface area (Å²) in [5, 5.41) is 3.04. The molecule has 0 saturated heterocycles. The van der Waals surface area contributed by atoms with E-state index in [1.165, 1.54) is 17.0 Å². The molecule has 0 aromatic heterocycles. The zero-order valence-electron chi connectivity index (χ0n) is 22.3. The number of methoxy groups -OCH3 is 1. The first-order valence-corrected chi connectivity index (χ1v) is 14.5. The fourth-order valence-electron chi connectivity index (χ4n) is 3.97. The van der Waals surface area contributed by atoms with E-state index in [1.54, 1.807) is 74.7 Å². The molecular weight excluding hydrogens is 538 g/mol. The molecule has 8 nitrogen and oxygen atoms in total. The summed E-state index contributed by atoms with van der Waals surface area (Å²) in [6, 6.07) is 20.6. The number of sulfonamides is 1. The first kappa shape index (κ1) is 30.0. The third-order valence-corrected chi connectivity index (χ3v) is 8.31. The van der Waals surface area contributed by atoms with Gasteiger partial charge in [0.2, 0.25) is 11.8 Å². The van der Waals surface area contributed by atoms with E-state index < -0.39 is 28.5 Å². The number of carbonyl (C=O) groups is 2. The van der Waals surface area contributed by atoms with Crippen molar-refractivity contribution in [1.29, 1.82) is 0 Å². The minimum atomic E-state index is -4.17. The molecule has 39 heavy (non-hydrogen) atoms. The molecule has 0 saturated carbocycles. The Morgan fingerprint density at radius 1 is 1.00 bits per heavy atom. The second-order valence-electron chi connectivity index (χ2n) is 8.97. The van der Waals surface area contributed by atoms with E-state index in [-0.39, 0.29) is 28.1 Å². The van der Waals surface area contributed by atoms with Gasteiger partial charge >= 0.3 is 0 Å². The van der Waals surface area contributed by atoms with E-state index in [1.807, 2.05) is 13.0 Å². The Morgan fingerprint density at radius 2 is 1.69 bits per heavy atom. The fourth-order valence-corrected chi connectivity index (χ4v) is 5.72. The van der Waals surface area contributed by atoms with Crippen LogP contribution in [0.5, 0.6) is 5.75 Å². The van der Waals surface area contributed by atoms with Crippen LogP contribution in [0.3, 0.4) is 0 Å². The lowest BCUT2D eigenvalue weighted by Gasteiger charge is -2.32. The zero-order valence-corrected chi connectivity index (χ0v) is 23.9. The van der Waals surface area contributed by atoms with Crippen molar-refractivity contribution in [3.63, 3.8) is 0 Å². The molecule has 0 radical (unpaired) electrons. The third kappa shape index (κ3) is 7.74. The number of unbranched alkanes of at least 4 members (excludes halogenated alkanes) is 1. The van der Waals surface area contributed by atoms with E-state index >= 15 is 0 Å². The Hall–Kier alpha value is -3.56. The van der Waals surface area contributed by atoms with E-state index in [0.29, 0.717) is 12.3 Å². The molecule has 1 N–H and O–H groups in total. The minimum Gasteiger partial charge on any atom is -0.497 e. The van der Waals surface area contributed by atoms with Gasteiger partial charge in [-0.1, -0.05) is 67.4 Å². The molecule has 1 atom stereocenters. The molecule has 0 aliphatic heterocycles. The monoisotopic (exact) mass is 571 g/mol. The second kappa shape index (κ2) is 14.0. The van der Waals surface area contributed by atoms with Crippen molar-refractivity contribution >= 4 is 39.1 Å². The summed E-state index contributed by atoms with van der Waals surface area (Å²) < 4.78 is 33.8. The number of benzene rings is 3. The number of halogens is 1. The van der Waals surface area contributed by atoms with Gasteiger partial charge in [-0.2, -0.15) is 0 Å². The summed E-state index contributed by atoms with van der Waals surface area (Å²) in [7, 11) is -2.63. The van der Waals surface area contributed by atoms with Gasteiger partial charge in [0.05, 0.1) is 22.7 Å². The van der Waals surface area contributed by atoms with Gasteiger partial charge in [-0.25, -0.2) is 8.42 Å². The van der Waals surface area contributed by atoms with E-state index in [2.05, 4.69) is 5.32 Å². The van der Waals surface area contributed by atoms with E-state index in [0.717, 1.165) is 22.7 Å². The molecule has 3 aromatic rings. The van der Waals surface area contributed by atoms with Crippen LogP contribution in [-0.2, 0) is 26.2 Å². The number of nitrogens with one attached hydrogen (secondary N) is 1. The molecule has 0 aliphatic carbocycles. The van der Waals surface area contributed by atoms with Gasteiger partial charge in [-0.15, -0.1) is 0 Å². The van der Waals surface area contributed by atoms with Crippen molar-refractivity contribution in [3.8, 4) is 5.75 Å². The van der Waals surface area contributed by atoms with Crippen molar-refractivity contribution in [1.82, 2.24) is 10.2 Å². The van der Waals surface area contributed by atoms with Crippen LogP contribution < -0.4 is 14.4 Å². The number of anilines is 1. The largest absolute Gasteiger partial charge is 0.497 e. The SMILES string of the molecule is CCCCNC(=O)[C@H](C)N(Cc1cccc(OC)c1)C(=O)CN(c1ccccc1Cl)S(=O)(=O)c1ccccc1. The van der Waals surface area contributed by atoms with Gasteiger partial charge in [0.25, 0.3) is 10.0 Å². The first-order valence-electron chi connectivity index (χ1n) is 12.7. The smallest absolute Gasteiger partial charge is 0.264 e. The predicted molar refractivity (Wildman–Crippen MR) is 153 cm³/mol. The molecular formula is C29H34ClN3O5S. The Morgan fingerprint density at radius 3 is 2.36 bits per heavy atom. The Labute approximate surface area is 235 Å². The molecule has 3 rings (SSSR count). The van der Waals surface area contributed by atoms with Crippen LogP contribution in [0.2, 0.25) is 5.02 Å². The fraction of sp³-hybridized carbons (Fsp3) is 0.310. The van der Waals surface area contributed by atoms with Crippen LogP contribution in [0, 0.1) is 0 Å². The summed E-state index contributed by atoms with van der Waals surface area (Å²) >= 11 is 6.41. The lowest BCUT2D eigenvalue weighted by atomic mass is 10.1. The highest BCUT2D eigenvalue weighted by molar-refractivity contribution is 7.92. The topological polar surface area (TPSA) is 96.0 Å². The Balaban J connectivity index is 2.01. The van der Waals surface area contributed by atoms with Crippen LogP contribution in [0.15, 0.2) is 83.8 Å². The number of rotatable bonds is 13. The van der Waals surface area contributed by atoms with Crippen molar-refractivity contribution in [3.05, 3.63) is 89.4 Å². The average Bonchev–Trinajstić information content (AvgIpc) is 2.95. The predicted octanol–water partition coefficient (Wildman–Crippen LogP) is 4.88.